The lowest BCUT2D eigenvalue weighted by atomic mass is 9.97. The first-order chi connectivity index (χ1) is 8.72. The predicted octanol–water partition coefficient (Wildman–Crippen LogP) is 2.53. The van der Waals surface area contributed by atoms with Crippen LogP contribution >= 0.6 is 0 Å². The van der Waals surface area contributed by atoms with Crippen molar-refractivity contribution in [2.45, 2.75) is 31.1 Å². The molecule has 0 aromatic heterocycles. The lowest BCUT2D eigenvalue weighted by Crippen LogP contribution is -2.11. The molecule has 19 heavy (non-hydrogen) atoms. The number of hydrogen-bond donors (Lipinski definition) is 0. The number of esters is 1. The van der Waals surface area contributed by atoms with Crippen LogP contribution in [0.4, 0.5) is 4.39 Å². The average Bonchev–Trinajstić information content (AvgIpc) is 2.35. The maximum Gasteiger partial charge on any atom is 0.340 e. The van der Waals surface area contributed by atoms with Crippen LogP contribution in [0.3, 0.4) is 0 Å². The standard InChI is InChI=1S/C13H17FO4S/c1-5-8(2)9-6-11(14)10(13(15)18-3)7-12(9)19(4,16)17/h6-8H,5H2,1-4H3. The maximum atomic E-state index is 13.9. The normalized spacial score (nSPS) is 13.1. The molecule has 1 aromatic carbocycles. The van der Waals surface area contributed by atoms with Gasteiger partial charge in [0.25, 0.3) is 0 Å². The Balaban J connectivity index is 3.60. The Kier molecular flexibility index (Phi) is 4.68. The SMILES string of the molecule is CCC(C)c1cc(F)c(C(=O)OC)cc1S(C)(=O)=O. The molecule has 1 atom stereocenters. The molecule has 0 aliphatic carbocycles. The number of carbonyl (C=O) groups excluding carboxylic acids is 1. The van der Waals surface area contributed by atoms with Gasteiger partial charge in [0, 0.05) is 6.26 Å². The van der Waals surface area contributed by atoms with E-state index >= 15 is 0 Å². The van der Waals surface area contributed by atoms with Gasteiger partial charge in [-0.2, -0.15) is 0 Å². The molecular formula is C13H17FO4S. The second-order valence-corrected chi connectivity index (χ2v) is 6.43. The van der Waals surface area contributed by atoms with E-state index in [-0.39, 0.29) is 16.4 Å². The van der Waals surface area contributed by atoms with Gasteiger partial charge in [-0.1, -0.05) is 13.8 Å². The van der Waals surface area contributed by atoms with Crippen molar-refractivity contribution in [2.75, 3.05) is 13.4 Å². The van der Waals surface area contributed by atoms with E-state index in [1.165, 1.54) is 0 Å². The Morgan fingerprint density at radius 3 is 2.42 bits per heavy atom. The number of methoxy groups -OCH3 is 1. The molecule has 1 unspecified atom stereocenters. The summed E-state index contributed by atoms with van der Waals surface area (Å²) in [4.78, 5) is 11.4. The minimum atomic E-state index is -3.54. The molecule has 4 nitrogen and oxygen atoms in total. The van der Waals surface area contributed by atoms with Gasteiger partial charge in [-0.15, -0.1) is 0 Å². The van der Waals surface area contributed by atoms with Crippen molar-refractivity contribution >= 4 is 15.8 Å². The van der Waals surface area contributed by atoms with Gasteiger partial charge in [0.2, 0.25) is 0 Å². The van der Waals surface area contributed by atoms with Crippen molar-refractivity contribution in [1.82, 2.24) is 0 Å². The molecule has 0 spiro atoms. The van der Waals surface area contributed by atoms with E-state index in [4.69, 9.17) is 0 Å². The molecule has 0 N–H and O–H groups in total. The van der Waals surface area contributed by atoms with Crippen LogP contribution in [-0.2, 0) is 14.6 Å². The Morgan fingerprint density at radius 2 is 2.00 bits per heavy atom. The first kappa shape index (κ1) is 15.6. The van der Waals surface area contributed by atoms with Crippen LogP contribution in [0, 0.1) is 5.82 Å². The summed E-state index contributed by atoms with van der Waals surface area (Å²) in [5, 5.41) is 0. The van der Waals surface area contributed by atoms with E-state index in [2.05, 4.69) is 4.74 Å². The Morgan fingerprint density at radius 1 is 1.42 bits per heavy atom. The van der Waals surface area contributed by atoms with Crippen LogP contribution in [0.25, 0.3) is 0 Å². The Hall–Kier alpha value is -1.43. The highest BCUT2D eigenvalue weighted by atomic mass is 32.2. The van der Waals surface area contributed by atoms with Gasteiger partial charge >= 0.3 is 5.97 Å². The number of hydrogen-bond acceptors (Lipinski definition) is 4. The number of sulfone groups is 1. The topological polar surface area (TPSA) is 60.4 Å². The van der Waals surface area contributed by atoms with E-state index in [1.807, 2.05) is 6.92 Å². The van der Waals surface area contributed by atoms with Gasteiger partial charge in [0.05, 0.1) is 17.6 Å². The van der Waals surface area contributed by atoms with E-state index in [1.54, 1.807) is 6.92 Å². The summed E-state index contributed by atoms with van der Waals surface area (Å²) >= 11 is 0. The summed E-state index contributed by atoms with van der Waals surface area (Å²) in [6, 6.07) is 2.16. The van der Waals surface area contributed by atoms with E-state index in [0.717, 1.165) is 25.5 Å². The number of rotatable bonds is 4. The van der Waals surface area contributed by atoms with Crippen molar-refractivity contribution in [3.8, 4) is 0 Å². The average molecular weight is 288 g/mol. The third-order valence-electron chi connectivity index (χ3n) is 3.05. The predicted molar refractivity (Wildman–Crippen MR) is 69.6 cm³/mol. The third-order valence-corrected chi connectivity index (χ3v) is 4.20. The lowest BCUT2D eigenvalue weighted by molar-refractivity contribution is 0.0595. The van der Waals surface area contributed by atoms with E-state index in [0.29, 0.717) is 12.0 Å². The molecule has 0 fully saturated rings. The van der Waals surface area contributed by atoms with Gasteiger partial charge in [0.1, 0.15) is 5.82 Å². The molecule has 0 amide bonds. The number of carbonyl (C=O) groups is 1. The summed E-state index contributed by atoms with van der Waals surface area (Å²) < 4.78 is 41.8. The highest BCUT2D eigenvalue weighted by molar-refractivity contribution is 7.90. The molecule has 0 saturated heterocycles. The van der Waals surface area contributed by atoms with Crippen LogP contribution in [0.2, 0.25) is 0 Å². The van der Waals surface area contributed by atoms with Crippen LogP contribution in [0.5, 0.6) is 0 Å². The van der Waals surface area contributed by atoms with Crippen molar-refractivity contribution in [3.63, 3.8) is 0 Å². The summed E-state index contributed by atoms with van der Waals surface area (Å²) in [5.74, 6) is -1.78. The molecule has 0 heterocycles. The zero-order valence-electron chi connectivity index (χ0n) is 11.4. The largest absolute Gasteiger partial charge is 0.465 e. The minimum Gasteiger partial charge on any atom is -0.465 e. The Bertz CT molecular complexity index is 593. The van der Waals surface area contributed by atoms with Gasteiger partial charge < -0.3 is 4.74 Å². The summed E-state index contributed by atoms with van der Waals surface area (Å²) in [6.07, 6.45) is 1.70. The first-order valence-electron chi connectivity index (χ1n) is 5.84. The van der Waals surface area contributed by atoms with Crippen molar-refractivity contribution in [2.24, 2.45) is 0 Å². The molecule has 0 radical (unpaired) electrons. The molecular weight excluding hydrogens is 271 g/mol. The summed E-state index contributed by atoms with van der Waals surface area (Å²) in [7, 11) is -2.43. The molecule has 1 rings (SSSR count). The van der Waals surface area contributed by atoms with E-state index < -0.39 is 21.6 Å². The first-order valence-corrected chi connectivity index (χ1v) is 7.73. The molecule has 6 heteroatoms. The molecule has 0 aliphatic heterocycles. The van der Waals surface area contributed by atoms with Gasteiger partial charge in [-0.3, -0.25) is 0 Å². The highest BCUT2D eigenvalue weighted by Gasteiger charge is 2.23. The molecule has 1 aromatic rings. The molecule has 106 valence electrons. The van der Waals surface area contributed by atoms with Crippen LogP contribution < -0.4 is 0 Å². The third kappa shape index (κ3) is 3.32. The second kappa shape index (κ2) is 5.69. The number of ether oxygens (including phenoxy) is 1. The van der Waals surface area contributed by atoms with Gasteiger partial charge in [-0.25, -0.2) is 17.6 Å². The van der Waals surface area contributed by atoms with E-state index in [9.17, 15) is 17.6 Å². The molecule has 0 bridgehead atoms. The minimum absolute atomic E-state index is 0.0244. The van der Waals surface area contributed by atoms with Crippen LogP contribution in [0.15, 0.2) is 17.0 Å². The van der Waals surface area contributed by atoms with Gasteiger partial charge in [-0.05, 0) is 30.0 Å². The van der Waals surface area contributed by atoms with Gasteiger partial charge in [0.15, 0.2) is 9.84 Å². The summed E-state index contributed by atoms with van der Waals surface area (Å²) in [6.45, 7) is 3.68. The van der Waals surface area contributed by atoms with Crippen molar-refractivity contribution in [1.29, 1.82) is 0 Å². The zero-order valence-corrected chi connectivity index (χ0v) is 12.2. The fourth-order valence-corrected chi connectivity index (χ4v) is 2.78. The van der Waals surface area contributed by atoms with Crippen LogP contribution in [0.1, 0.15) is 42.1 Å². The van der Waals surface area contributed by atoms with Crippen molar-refractivity contribution in [3.05, 3.63) is 29.1 Å². The highest BCUT2D eigenvalue weighted by Crippen LogP contribution is 2.29. The number of halogens is 1. The zero-order chi connectivity index (χ0) is 14.8. The smallest absolute Gasteiger partial charge is 0.340 e. The maximum absolute atomic E-state index is 13.9. The fraction of sp³-hybridized carbons (Fsp3) is 0.462. The quantitative estimate of drug-likeness (QED) is 0.631. The molecule has 0 aliphatic rings. The monoisotopic (exact) mass is 288 g/mol. The Labute approximate surface area is 112 Å². The second-order valence-electron chi connectivity index (χ2n) is 4.44. The van der Waals surface area contributed by atoms with Crippen molar-refractivity contribution < 1.29 is 22.3 Å². The van der Waals surface area contributed by atoms with Crippen LogP contribution in [-0.4, -0.2) is 27.8 Å². The molecule has 0 saturated carbocycles. The fourth-order valence-electron chi connectivity index (χ4n) is 1.76. The number of benzene rings is 1. The lowest BCUT2D eigenvalue weighted by Gasteiger charge is -2.15. The summed E-state index contributed by atoms with van der Waals surface area (Å²) in [5.41, 5.74) is 0.0186.